The lowest BCUT2D eigenvalue weighted by Gasteiger charge is -2.36. The maximum atomic E-state index is 12.8. The lowest BCUT2D eigenvalue weighted by atomic mass is 9.94. The number of halogens is 1. The fourth-order valence-electron chi connectivity index (χ4n) is 3.13. The Hall–Kier alpha value is -1.52. The summed E-state index contributed by atoms with van der Waals surface area (Å²) in [5, 5.41) is 11.7. The number of β-amino-alcohol motifs (C(OH)–C–C–N with tert-alkyl or cyclic N) is 1. The summed E-state index contributed by atoms with van der Waals surface area (Å²) in [6, 6.07) is 5.50. The van der Waals surface area contributed by atoms with Gasteiger partial charge in [-0.05, 0) is 44.9 Å². The lowest BCUT2D eigenvalue weighted by Crippen LogP contribution is -2.48. The summed E-state index contributed by atoms with van der Waals surface area (Å²) in [6.45, 7) is 4.73. The molecule has 112 valence electrons. The van der Waals surface area contributed by atoms with Gasteiger partial charge in [0.05, 0.1) is 11.2 Å². The van der Waals surface area contributed by atoms with Crippen molar-refractivity contribution < 1.29 is 9.90 Å². The predicted molar refractivity (Wildman–Crippen MR) is 83.8 cm³/mol. The molecule has 1 unspecified atom stereocenters. The molecule has 1 aromatic carbocycles. The van der Waals surface area contributed by atoms with Crippen molar-refractivity contribution in [2.24, 2.45) is 0 Å². The van der Waals surface area contributed by atoms with Crippen LogP contribution in [0.25, 0.3) is 10.9 Å². The number of hydrogen-bond acceptors (Lipinski definition) is 2. The number of aryl methyl sites for hydroxylation is 1. The van der Waals surface area contributed by atoms with Crippen molar-refractivity contribution in [3.8, 4) is 0 Å². The zero-order chi connectivity index (χ0) is 15.2. The zero-order valence-electron chi connectivity index (χ0n) is 12.2. The molecule has 0 bridgehead atoms. The minimum atomic E-state index is -0.800. The number of aliphatic hydroxyl groups is 1. The number of aromatic nitrogens is 1. The lowest BCUT2D eigenvalue weighted by molar-refractivity contribution is -0.0107. The van der Waals surface area contributed by atoms with Gasteiger partial charge in [-0.25, -0.2) is 0 Å². The third kappa shape index (κ3) is 2.65. The Kier molecular flexibility index (Phi) is 3.46. The van der Waals surface area contributed by atoms with E-state index < -0.39 is 5.60 Å². The van der Waals surface area contributed by atoms with Crippen LogP contribution in [-0.2, 0) is 0 Å². The van der Waals surface area contributed by atoms with Gasteiger partial charge in [0, 0.05) is 34.7 Å². The van der Waals surface area contributed by atoms with Gasteiger partial charge in [0.1, 0.15) is 0 Å². The second-order valence-electron chi connectivity index (χ2n) is 6.14. The molecule has 2 N–H and O–H groups in total. The highest BCUT2D eigenvalue weighted by Crippen LogP contribution is 2.28. The van der Waals surface area contributed by atoms with Crippen molar-refractivity contribution in [3.05, 3.63) is 34.5 Å². The van der Waals surface area contributed by atoms with Gasteiger partial charge in [-0.1, -0.05) is 11.6 Å². The number of H-pyrrole nitrogens is 1. The van der Waals surface area contributed by atoms with Gasteiger partial charge < -0.3 is 15.0 Å². The van der Waals surface area contributed by atoms with Crippen molar-refractivity contribution in [3.63, 3.8) is 0 Å². The number of amides is 1. The summed E-state index contributed by atoms with van der Waals surface area (Å²) in [7, 11) is 0. The number of nitrogens with zero attached hydrogens (tertiary/aromatic N) is 1. The first-order valence-corrected chi connectivity index (χ1v) is 7.55. The van der Waals surface area contributed by atoms with Crippen LogP contribution in [0.3, 0.4) is 0 Å². The Morgan fingerprint density at radius 1 is 1.48 bits per heavy atom. The van der Waals surface area contributed by atoms with Gasteiger partial charge >= 0.3 is 0 Å². The van der Waals surface area contributed by atoms with E-state index in [2.05, 4.69) is 4.98 Å². The van der Waals surface area contributed by atoms with E-state index in [1.165, 1.54) is 0 Å². The minimum absolute atomic E-state index is 0.0407. The van der Waals surface area contributed by atoms with E-state index in [0.717, 1.165) is 29.4 Å². The summed E-state index contributed by atoms with van der Waals surface area (Å²) in [6.07, 6.45) is 1.55. The Labute approximate surface area is 128 Å². The topological polar surface area (TPSA) is 56.3 Å². The van der Waals surface area contributed by atoms with Gasteiger partial charge in [-0.2, -0.15) is 0 Å². The summed E-state index contributed by atoms with van der Waals surface area (Å²) in [4.78, 5) is 17.8. The molecule has 3 rings (SSSR count). The van der Waals surface area contributed by atoms with Crippen LogP contribution in [0.5, 0.6) is 0 Å². The molecular weight excluding hydrogens is 288 g/mol. The number of aromatic amines is 1. The van der Waals surface area contributed by atoms with E-state index in [-0.39, 0.29) is 5.91 Å². The zero-order valence-corrected chi connectivity index (χ0v) is 13.0. The number of fused-ring (bicyclic) bond motifs is 1. The largest absolute Gasteiger partial charge is 0.388 e. The molecule has 0 spiro atoms. The fourth-order valence-corrected chi connectivity index (χ4v) is 3.30. The second kappa shape index (κ2) is 5.04. The Balaban J connectivity index is 2.01. The number of nitrogens with one attached hydrogen (secondary N) is 1. The van der Waals surface area contributed by atoms with Crippen LogP contribution in [0, 0.1) is 6.92 Å². The normalized spacial score (nSPS) is 22.8. The first-order chi connectivity index (χ1) is 9.87. The van der Waals surface area contributed by atoms with E-state index in [1.54, 1.807) is 17.9 Å². The third-order valence-corrected chi connectivity index (χ3v) is 4.36. The van der Waals surface area contributed by atoms with Crippen LogP contribution < -0.4 is 0 Å². The average molecular weight is 307 g/mol. The molecule has 1 aromatic heterocycles. The third-order valence-electron chi connectivity index (χ3n) is 4.12. The van der Waals surface area contributed by atoms with Gasteiger partial charge in [0.15, 0.2) is 0 Å². The van der Waals surface area contributed by atoms with E-state index in [1.807, 2.05) is 19.1 Å². The number of rotatable bonds is 1. The van der Waals surface area contributed by atoms with Crippen molar-refractivity contribution in [1.29, 1.82) is 0 Å². The molecule has 1 aliphatic rings. The molecule has 21 heavy (non-hydrogen) atoms. The molecular formula is C16H19ClN2O2. The number of hydrogen-bond donors (Lipinski definition) is 2. The van der Waals surface area contributed by atoms with Crippen LogP contribution in [0.1, 0.15) is 35.8 Å². The molecule has 1 saturated heterocycles. The Morgan fingerprint density at radius 3 is 2.95 bits per heavy atom. The van der Waals surface area contributed by atoms with Gasteiger partial charge in [0.2, 0.25) is 0 Å². The van der Waals surface area contributed by atoms with E-state index in [9.17, 15) is 9.90 Å². The maximum Gasteiger partial charge on any atom is 0.256 e. The summed E-state index contributed by atoms with van der Waals surface area (Å²) in [5.74, 6) is -0.0407. The van der Waals surface area contributed by atoms with E-state index >= 15 is 0 Å². The van der Waals surface area contributed by atoms with Crippen LogP contribution in [-0.4, -0.2) is 39.6 Å². The van der Waals surface area contributed by atoms with Crippen LogP contribution in [0.15, 0.2) is 18.2 Å². The quantitative estimate of drug-likeness (QED) is 0.850. The molecule has 5 heteroatoms. The Morgan fingerprint density at radius 2 is 2.24 bits per heavy atom. The van der Waals surface area contributed by atoms with Crippen molar-refractivity contribution in [2.45, 2.75) is 32.3 Å². The number of piperidine rings is 1. The highest BCUT2D eigenvalue weighted by Gasteiger charge is 2.32. The highest BCUT2D eigenvalue weighted by molar-refractivity contribution is 6.31. The van der Waals surface area contributed by atoms with Crippen LogP contribution >= 0.6 is 11.6 Å². The van der Waals surface area contributed by atoms with Crippen molar-refractivity contribution in [2.75, 3.05) is 13.1 Å². The predicted octanol–water partition coefficient (Wildman–Crippen LogP) is 3.12. The molecule has 1 fully saturated rings. The van der Waals surface area contributed by atoms with Gasteiger partial charge in [-0.15, -0.1) is 0 Å². The molecule has 0 aliphatic carbocycles. The van der Waals surface area contributed by atoms with Crippen LogP contribution in [0.4, 0.5) is 0 Å². The van der Waals surface area contributed by atoms with Crippen LogP contribution in [0.2, 0.25) is 5.02 Å². The number of benzene rings is 1. The number of carbonyl (C=O) groups excluding carboxylic acids is 1. The summed E-state index contributed by atoms with van der Waals surface area (Å²) in [5.41, 5.74) is 1.60. The van der Waals surface area contributed by atoms with E-state index in [0.29, 0.717) is 23.7 Å². The molecule has 1 atom stereocenters. The standard InChI is InChI=1S/C16H19ClN2O2/c1-10-14(12-8-11(17)4-5-13(12)18-10)15(20)19-7-3-6-16(2,21)9-19/h4-5,8,18,21H,3,6-7,9H2,1-2H3. The van der Waals surface area contributed by atoms with Crippen molar-refractivity contribution >= 4 is 28.4 Å². The molecule has 0 radical (unpaired) electrons. The SMILES string of the molecule is Cc1[nH]c2ccc(Cl)cc2c1C(=O)N1CCCC(C)(O)C1. The molecule has 4 nitrogen and oxygen atoms in total. The molecule has 0 saturated carbocycles. The maximum absolute atomic E-state index is 12.8. The molecule has 1 aliphatic heterocycles. The molecule has 1 amide bonds. The Bertz CT molecular complexity index is 706. The summed E-state index contributed by atoms with van der Waals surface area (Å²) < 4.78 is 0. The average Bonchev–Trinajstić information content (AvgIpc) is 2.72. The first kappa shape index (κ1) is 14.4. The van der Waals surface area contributed by atoms with Gasteiger partial charge in [-0.3, -0.25) is 4.79 Å². The minimum Gasteiger partial charge on any atom is -0.388 e. The summed E-state index contributed by atoms with van der Waals surface area (Å²) >= 11 is 6.06. The molecule has 2 aromatic rings. The molecule has 2 heterocycles. The first-order valence-electron chi connectivity index (χ1n) is 7.17. The highest BCUT2D eigenvalue weighted by atomic mass is 35.5. The number of likely N-dealkylation sites (tertiary alicyclic amines) is 1. The smallest absolute Gasteiger partial charge is 0.256 e. The fraction of sp³-hybridized carbons (Fsp3) is 0.438. The van der Waals surface area contributed by atoms with Gasteiger partial charge in [0.25, 0.3) is 5.91 Å². The monoisotopic (exact) mass is 306 g/mol. The van der Waals surface area contributed by atoms with E-state index in [4.69, 9.17) is 11.6 Å². The van der Waals surface area contributed by atoms with Crippen molar-refractivity contribution in [1.82, 2.24) is 9.88 Å². The second-order valence-corrected chi connectivity index (χ2v) is 6.58. The number of carbonyl (C=O) groups is 1.